The predicted molar refractivity (Wildman–Crippen MR) is 81.1 cm³/mol. The number of carbonyl (C=O) groups excluding carboxylic acids is 1. The molecule has 104 valence electrons. The molecule has 0 aliphatic rings. The third kappa shape index (κ3) is 2.52. The van der Waals surface area contributed by atoms with E-state index in [4.69, 9.17) is 0 Å². The standard InChI is InChI=1S/C18H20O2/c1-11-10-16(14(4)13(3)12(11)2)18(20)17(19)15-8-6-5-7-9-15/h5-10,18,20H,1-4H3. The van der Waals surface area contributed by atoms with Crippen LogP contribution in [0.2, 0.25) is 0 Å². The van der Waals surface area contributed by atoms with E-state index in [9.17, 15) is 9.90 Å². The monoisotopic (exact) mass is 268 g/mol. The van der Waals surface area contributed by atoms with Gasteiger partial charge in [0.25, 0.3) is 0 Å². The van der Waals surface area contributed by atoms with Crippen molar-refractivity contribution in [1.82, 2.24) is 0 Å². The van der Waals surface area contributed by atoms with Gasteiger partial charge in [0.05, 0.1) is 0 Å². The summed E-state index contributed by atoms with van der Waals surface area (Å²) in [5.41, 5.74) is 5.69. The summed E-state index contributed by atoms with van der Waals surface area (Å²) in [5, 5.41) is 10.4. The van der Waals surface area contributed by atoms with Crippen LogP contribution in [0.15, 0.2) is 36.4 Å². The average Bonchev–Trinajstić information content (AvgIpc) is 2.48. The minimum atomic E-state index is -1.10. The highest BCUT2D eigenvalue weighted by molar-refractivity contribution is 6.00. The summed E-state index contributed by atoms with van der Waals surface area (Å²) in [7, 11) is 0. The lowest BCUT2D eigenvalue weighted by Gasteiger charge is -2.18. The van der Waals surface area contributed by atoms with Gasteiger partial charge >= 0.3 is 0 Å². The maximum atomic E-state index is 12.4. The number of benzene rings is 2. The minimum Gasteiger partial charge on any atom is -0.380 e. The summed E-state index contributed by atoms with van der Waals surface area (Å²) in [6.45, 7) is 8.05. The Morgan fingerprint density at radius 3 is 2.15 bits per heavy atom. The first-order valence-electron chi connectivity index (χ1n) is 6.78. The zero-order valence-corrected chi connectivity index (χ0v) is 12.4. The SMILES string of the molecule is Cc1cc(C(O)C(=O)c2ccccc2)c(C)c(C)c1C. The van der Waals surface area contributed by atoms with Crippen LogP contribution in [0.5, 0.6) is 0 Å². The zero-order chi connectivity index (χ0) is 14.9. The van der Waals surface area contributed by atoms with Gasteiger partial charge in [-0.1, -0.05) is 36.4 Å². The molecule has 0 saturated heterocycles. The number of carbonyl (C=O) groups is 1. The van der Waals surface area contributed by atoms with E-state index in [0.717, 1.165) is 16.7 Å². The number of aryl methyl sites for hydroxylation is 1. The number of hydrogen-bond donors (Lipinski definition) is 1. The quantitative estimate of drug-likeness (QED) is 0.859. The van der Waals surface area contributed by atoms with Gasteiger partial charge in [-0.3, -0.25) is 4.79 Å². The number of aliphatic hydroxyl groups is 1. The molecule has 0 aliphatic carbocycles. The topological polar surface area (TPSA) is 37.3 Å². The van der Waals surface area contributed by atoms with Crippen molar-refractivity contribution >= 4 is 5.78 Å². The zero-order valence-electron chi connectivity index (χ0n) is 12.4. The third-order valence-electron chi connectivity index (χ3n) is 4.12. The fourth-order valence-electron chi connectivity index (χ4n) is 2.43. The largest absolute Gasteiger partial charge is 0.380 e. The van der Waals surface area contributed by atoms with E-state index in [1.54, 1.807) is 24.3 Å². The smallest absolute Gasteiger partial charge is 0.195 e. The highest BCUT2D eigenvalue weighted by Gasteiger charge is 2.22. The molecule has 0 spiro atoms. The van der Waals surface area contributed by atoms with E-state index < -0.39 is 6.10 Å². The molecule has 0 aliphatic heterocycles. The van der Waals surface area contributed by atoms with Gasteiger partial charge in [-0.15, -0.1) is 0 Å². The first kappa shape index (κ1) is 14.5. The highest BCUT2D eigenvalue weighted by Crippen LogP contribution is 2.27. The van der Waals surface area contributed by atoms with Crippen LogP contribution >= 0.6 is 0 Å². The Labute approximate surface area is 120 Å². The van der Waals surface area contributed by atoms with Gasteiger partial charge in [0.1, 0.15) is 6.10 Å². The van der Waals surface area contributed by atoms with Crippen LogP contribution in [-0.2, 0) is 0 Å². The van der Waals surface area contributed by atoms with E-state index in [-0.39, 0.29) is 5.78 Å². The molecular formula is C18H20O2. The maximum absolute atomic E-state index is 12.4. The molecule has 2 aromatic rings. The molecule has 2 nitrogen and oxygen atoms in total. The molecule has 0 amide bonds. The van der Waals surface area contributed by atoms with Gasteiger partial charge in [-0.05, 0) is 55.5 Å². The molecule has 2 heteroatoms. The van der Waals surface area contributed by atoms with Gasteiger partial charge in [-0.25, -0.2) is 0 Å². The van der Waals surface area contributed by atoms with Gasteiger partial charge in [-0.2, -0.15) is 0 Å². The number of ketones is 1. The van der Waals surface area contributed by atoms with E-state index >= 15 is 0 Å². The van der Waals surface area contributed by atoms with E-state index in [1.165, 1.54) is 5.56 Å². The number of rotatable bonds is 3. The summed E-state index contributed by atoms with van der Waals surface area (Å²) in [5.74, 6) is -0.253. The first-order chi connectivity index (χ1) is 9.43. The summed E-state index contributed by atoms with van der Waals surface area (Å²) in [6, 6.07) is 10.8. The number of hydrogen-bond acceptors (Lipinski definition) is 2. The van der Waals surface area contributed by atoms with Crippen molar-refractivity contribution in [2.75, 3.05) is 0 Å². The number of aliphatic hydroxyl groups excluding tert-OH is 1. The second-order valence-corrected chi connectivity index (χ2v) is 5.29. The van der Waals surface area contributed by atoms with Crippen molar-refractivity contribution < 1.29 is 9.90 Å². The first-order valence-corrected chi connectivity index (χ1v) is 6.78. The predicted octanol–water partition coefficient (Wildman–Crippen LogP) is 3.84. The Balaban J connectivity index is 2.44. The Morgan fingerprint density at radius 2 is 1.55 bits per heavy atom. The average molecular weight is 268 g/mol. The fraction of sp³-hybridized carbons (Fsp3) is 0.278. The molecular weight excluding hydrogens is 248 g/mol. The molecule has 0 aromatic heterocycles. The maximum Gasteiger partial charge on any atom is 0.195 e. The van der Waals surface area contributed by atoms with Crippen LogP contribution in [0.25, 0.3) is 0 Å². The minimum absolute atomic E-state index is 0.253. The summed E-state index contributed by atoms with van der Waals surface area (Å²) >= 11 is 0. The lowest BCUT2D eigenvalue weighted by Crippen LogP contribution is -2.14. The summed E-state index contributed by atoms with van der Waals surface area (Å²) < 4.78 is 0. The molecule has 1 atom stereocenters. The molecule has 1 unspecified atom stereocenters. The molecule has 0 saturated carbocycles. The van der Waals surface area contributed by atoms with Gasteiger partial charge in [0.2, 0.25) is 0 Å². The lowest BCUT2D eigenvalue weighted by molar-refractivity contribution is 0.0746. The van der Waals surface area contributed by atoms with E-state index in [0.29, 0.717) is 11.1 Å². The Morgan fingerprint density at radius 1 is 0.950 bits per heavy atom. The van der Waals surface area contributed by atoms with Crippen molar-refractivity contribution in [3.05, 3.63) is 69.8 Å². The van der Waals surface area contributed by atoms with Crippen LogP contribution < -0.4 is 0 Å². The van der Waals surface area contributed by atoms with Crippen LogP contribution in [0.4, 0.5) is 0 Å². The van der Waals surface area contributed by atoms with Crippen molar-refractivity contribution in [3.63, 3.8) is 0 Å². The molecule has 2 aromatic carbocycles. The summed E-state index contributed by atoms with van der Waals surface area (Å²) in [4.78, 5) is 12.4. The van der Waals surface area contributed by atoms with Crippen LogP contribution in [0, 0.1) is 27.7 Å². The lowest BCUT2D eigenvalue weighted by atomic mass is 9.89. The molecule has 0 radical (unpaired) electrons. The molecule has 0 heterocycles. The molecule has 0 fully saturated rings. The van der Waals surface area contributed by atoms with Crippen LogP contribution in [0.1, 0.15) is 44.3 Å². The Kier molecular flexibility index (Phi) is 4.05. The Hall–Kier alpha value is -1.93. The fourth-order valence-corrected chi connectivity index (χ4v) is 2.43. The molecule has 2 rings (SSSR count). The van der Waals surface area contributed by atoms with Crippen LogP contribution in [0.3, 0.4) is 0 Å². The van der Waals surface area contributed by atoms with Gasteiger partial charge in [0.15, 0.2) is 5.78 Å². The molecule has 0 bridgehead atoms. The van der Waals surface area contributed by atoms with Gasteiger partial charge in [0, 0.05) is 5.56 Å². The van der Waals surface area contributed by atoms with Crippen molar-refractivity contribution in [2.45, 2.75) is 33.8 Å². The second kappa shape index (κ2) is 5.59. The van der Waals surface area contributed by atoms with Crippen molar-refractivity contribution in [3.8, 4) is 0 Å². The second-order valence-electron chi connectivity index (χ2n) is 5.29. The van der Waals surface area contributed by atoms with E-state index in [2.05, 4.69) is 6.92 Å². The van der Waals surface area contributed by atoms with Crippen molar-refractivity contribution in [1.29, 1.82) is 0 Å². The van der Waals surface area contributed by atoms with Crippen LogP contribution in [-0.4, -0.2) is 10.9 Å². The normalized spacial score (nSPS) is 12.2. The van der Waals surface area contributed by atoms with E-state index in [1.807, 2.05) is 32.9 Å². The number of Topliss-reactive ketones (excluding diaryl/α,β-unsaturated/α-hetero) is 1. The summed E-state index contributed by atoms with van der Waals surface area (Å²) in [6.07, 6.45) is -1.10. The molecule has 20 heavy (non-hydrogen) atoms. The van der Waals surface area contributed by atoms with Crippen molar-refractivity contribution in [2.24, 2.45) is 0 Å². The molecule has 1 N–H and O–H groups in total. The highest BCUT2D eigenvalue weighted by atomic mass is 16.3. The Bertz CT molecular complexity index is 642. The van der Waals surface area contributed by atoms with Gasteiger partial charge < -0.3 is 5.11 Å². The third-order valence-corrected chi connectivity index (χ3v) is 4.12.